The molecule has 1 fully saturated rings. The summed E-state index contributed by atoms with van der Waals surface area (Å²) in [5.41, 5.74) is -0.353. The Balaban J connectivity index is 2.38. The van der Waals surface area contributed by atoms with Crippen LogP contribution in [0, 0.1) is 5.92 Å². The maximum absolute atomic E-state index is 12.8. The van der Waals surface area contributed by atoms with Crippen molar-refractivity contribution < 1.29 is 18.0 Å². The van der Waals surface area contributed by atoms with Gasteiger partial charge in [0, 0.05) is 35.6 Å². The number of ketones is 1. The van der Waals surface area contributed by atoms with Gasteiger partial charge in [-0.1, -0.05) is 18.5 Å². The van der Waals surface area contributed by atoms with Gasteiger partial charge in [-0.15, -0.1) is 0 Å². The van der Waals surface area contributed by atoms with Gasteiger partial charge >= 0.3 is 6.18 Å². The van der Waals surface area contributed by atoms with Crippen molar-refractivity contribution in [1.29, 1.82) is 0 Å². The molecule has 6 heteroatoms. The van der Waals surface area contributed by atoms with Gasteiger partial charge in [0.2, 0.25) is 0 Å². The molecule has 110 valence electrons. The standard InChI is InChI=1S/C14H15ClF3NO/c1-8-9(2)19(4-3-13(8)20)12-6-10(14(16,17)18)5-11(15)7-12/h5-9H,3-4H2,1-2H3. The molecule has 1 aliphatic rings. The fourth-order valence-electron chi connectivity index (χ4n) is 2.47. The summed E-state index contributed by atoms with van der Waals surface area (Å²) in [5.74, 6) is -0.0520. The second-order valence-electron chi connectivity index (χ2n) is 5.13. The third kappa shape index (κ3) is 2.92. The molecule has 20 heavy (non-hydrogen) atoms. The topological polar surface area (TPSA) is 20.3 Å². The molecule has 2 atom stereocenters. The summed E-state index contributed by atoms with van der Waals surface area (Å²) in [7, 11) is 0. The summed E-state index contributed by atoms with van der Waals surface area (Å²) < 4.78 is 38.5. The zero-order valence-electron chi connectivity index (χ0n) is 11.2. The summed E-state index contributed by atoms with van der Waals surface area (Å²) in [6.45, 7) is 4.06. The van der Waals surface area contributed by atoms with Gasteiger partial charge in [-0.2, -0.15) is 13.2 Å². The van der Waals surface area contributed by atoms with E-state index in [-0.39, 0.29) is 22.8 Å². The lowest BCUT2D eigenvalue weighted by atomic mass is 9.90. The average Bonchev–Trinajstić information content (AvgIpc) is 2.34. The first-order valence-corrected chi connectivity index (χ1v) is 6.75. The SMILES string of the molecule is CC1C(=O)CCN(c2cc(Cl)cc(C(F)(F)F)c2)C1C. The first kappa shape index (κ1) is 15.2. The zero-order valence-corrected chi connectivity index (χ0v) is 11.9. The highest BCUT2D eigenvalue weighted by molar-refractivity contribution is 6.31. The van der Waals surface area contributed by atoms with Crippen LogP contribution in [-0.2, 0) is 11.0 Å². The highest BCUT2D eigenvalue weighted by atomic mass is 35.5. The first-order chi connectivity index (χ1) is 9.20. The highest BCUT2D eigenvalue weighted by Gasteiger charge is 2.34. The van der Waals surface area contributed by atoms with Crippen LogP contribution in [0.1, 0.15) is 25.8 Å². The molecule has 1 aliphatic heterocycles. The van der Waals surface area contributed by atoms with E-state index in [1.165, 1.54) is 6.07 Å². The van der Waals surface area contributed by atoms with E-state index in [2.05, 4.69) is 0 Å². The molecule has 0 spiro atoms. The van der Waals surface area contributed by atoms with E-state index >= 15 is 0 Å². The maximum Gasteiger partial charge on any atom is 0.416 e. The molecule has 0 N–H and O–H groups in total. The van der Waals surface area contributed by atoms with Crippen LogP contribution in [0.15, 0.2) is 18.2 Å². The molecular weight excluding hydrogens is 291 g/mol. The Morgan fingerprint density at radius 3 is 2.50 bits per heavy atom. The van der Waals surface area contributed by atoms with Crippen molar-refractivity contribution in [3.8, 4) is 0 Å². The normalized spacial score (nSPS) is 24.1. The molecule has 2 rings (SSSR count). The van der Waals surface area contributed by atoms with Crippen molar-refractivity contribution >= 4 is 23.1 Å². The molecule has 0 amide bonds. The summed E-state index contributed by atoms with van der Waals surface area (Å²) in [6.07, 6.45) is -4.08. The second kappa shape index (κ2) is 5.28. The molecule has 2 unspecified atom stereocenters. The number of alkyl halides is 3. The smallest absolute Gasteiger partial charge is 0.368 e. The lowest BCUT2D eigenvalue weighted by molar-refractivity contribution is -0.137. The number of hydrogen-bond donors (Lipinski definition) is 0. The number of piperidine rings is 1. The van der Waals surface area contributed by atoms with E-state index in [9.17, 15) is 18.0 Å². The third-order valence-electron chi connectivity index (χ3n) is 3.86. The number of Topliss-reactive ketones (excluding diaryl/α,β-unsaturated/α-hetero) is 1. The van der Waals surface area contributed by atoms with Gasteiger partial charge < -0.3 is 4.90 Å². The van der Waals surface area contributed by atoms with Gasteiger partial charge in [0.1, 0.15) is 5.78 Å². The number of carbonyl (C=O) groups excluding carboxylic acids is 1. The predicted octanol–water partition coefficient (Wildman–Crippen LogP) is 4.16. The predicted molar refractivity (Wildman–Crippen MR) is 72.1 cm³/mol. The third-order valence-corrected chi connectivity index (χ3v) is 4.08. The second-order valence-corrected chi connectivity index (χ2v) is 5.57. The van der Waals surface area contributed by atoms with Crippen molar-refractivity contribution in [2.45, 2.75) is 32.5 Å². The minimum absolute atomic E-state index is 0.0478. The van der Waals surface area contributed by atoms with E-state index in [4.69, 9.17) is 11.6 Å². The van der Waals surface area contributed by atoms with Gasteiger partial charge in [0.05, 0.1) is 5.56 Å². The molecular formula is C14H15ClF3NO. The lowest BCUT2D eigenvalue weighted by Crippen LogP contribution is -2.47. The highest BCUT2D eigenvalue weighted by Crippen LogP contribution is 2.36. The van der Waals surface area contributed by atoms with Crippen LogP contribution < -0.4 is 4.90 Å². The summed E-state index contributed by atoms with van der Waals surface area (Å²) in [6, 6.07) is 3.37. The molecule has 0 bridgehead atoms. The summed E-state index contributed by atoms with van der Waals surface area (Å²) >= 11 is 5.79. The number of rotatable bonds is 1. The Morgan fingerprint density at radius 1 is 1.25 bits per heavy atom. The van der Waals surface area contributed by atoms with Crippen molar-refractivity contribution in [2.24, 2.45) is 5.92 Å². The maximum atomic E-state index is 12.8. The summed E-state index contributed by atoms with van der Waals surface area (Å²) in [4.78, 5) is 13.5. The van der Waals surface area contributed by atoms with E-state index in [0.717, 1.165) is 12.1 Å². The first-order valence-electron chi connectivity index (χ1n) is 6.37. The number of nitrogens with zero attached hydrogens (tertiary/aromatic N) is 1. The fraction of sp³-hybridized carbons (Fsp3) is 0.500. The Morgan fingerprint density at radius 2 is 1.90 bits per heavy atom. The molecule has 0 saturated carbocycles. The Kier molecular flexibility index (Phi) is 4.00. The molecule has 2 nitrogen and oxygen atoms in total. The average molecular weight is 306 g/mol. The van der Waals surface area contributed by atoms with E-state index in [1.807, 2.05) is 11.8 Å². The molecule has 1 saturated heterocycles. The number of benzene rings is 1. The number of anilines is 1. The van der Waals surface area contributed by atoms with Crippen LogP contribution >= 0.6 is 11.6 Å². The van der Waals surface area contributed by atoms with Crippen LogP contribution in [0.25, 0.3) is 0 Å². The molecule has 0 aromatic heterocycles. The van der Waals surface area contributed by atoms with Crippen LogP contribution in [-0.4, -0.2) is 18.4 Å². The molecule has 1 aromatic rings. The Hall–Kier alpha value is -1.23. The molecule has 1 aromatic carbocycles. The van der Waals surface area contributed by atoms with E-state index in [0.29, 0.717) is 18.7 Å². The van der Waals surface area contributed by atoms with Gasteiger partial charge in [-0.3, -0.25) is 4.79 Å². The van der Waals surface area contributed by atoms with Crippen molar-refractivity contribution in [1.82, 2.24) is 0 Å². The quantitative estimate of drug-likeness (QED) is 0.776. The monoisotopic (exact) mass is 305 g/mol. The Bertz CT molecular complexity index is 530. The van der Waals surface area contributed by atoms with Crippen LogP contribution in [0.4, 0.5) is 18.9 Å². The van der Waals surface area contributed by atoms with Crippen LogP contribution in [0.2, 0.25) is 5.02 Å². The largest absolute Gasteiger partial charge is 0.416 e. The van der Waals surface area contributed by atoms with Gasteiger partial charge in [0.15, 0.2) is 0 Å². The number of carbonyl (C=O) groups is 1. The summed E-state index contributed by atoms with van der Waals surface area (Å²) in [5, 5.41) is 0.0478. The van der Waals surface area contributed by atoms with Gasteiger partial charge in [-0.05, 0) is 25.1 Å². The molecule has 0 aliphatic carbocycles. The van der Waals surface area contributed by atoms with Crippen LogP contribution in [0.3, 0.4) is 0 Å². The van der Waals surface area contributed by atoms with Gasteiger partial charge in [-0.25, -0.2) is 0 Å². The number of halogens is 4. The zero-order chi connectivity index (χ0) is 15.1. The molecule has 0 radical (unpaired) electrons. The number of hydrogen-bond acceptors (Lipinski definition) is 2. The van der Waals surface area contributed by atoms with E-state index < -0.39 is 11.7 Å². The van der Waals surface area contributed by atoms with Crippen molar-refractivity contribution in [3.05, 3.63) is 28.8 Å². The molecule has 1 heterocycles. The van der Waals surface area contributed by atoms with E-state index in [1.54, 1.807) is 6.92 Å². The van der Waals surface area contributed by atoms with Gasteiger partial charge in [0.25, 0.3) is 0 Å². The Labute approximate surface area is 120 Å². The van der Waals surface area contributed by atoms with Crippen molar-refractivity contribution in [3.63, 3.8) is 0 Å². The van der Waals surface area contributed by atoms with Crippen molar-refractivity contribution in [2.75, 3.05) is 11.4 Å². The minimum Gasteiger partial charge on any atom is -0.368 e. The van der Waals surface area contributed by atoms with Crippen LogP contribution in [0.5, 0.6) is 0 Å². The minimum atomic E-state index is -4.43. The fourth-order valence-corrected chi connectivity index (χ4v) is 2.70. The lowest BCUT2D eigenvalue weighted by Gasteiger charge is -2.39.